The average Bonchev–Trinajstić information content (AvgIpc) is 2.42. The van der Waals surface area contributed by atoms with Gasteiger partial charge >= 0.3 is 0 Å². The lowest BCUT2D eigenvalue weighted by Gasteiger charge is -2.21. The molecule has 0 aliphatic carbocycles. The van der Waals surface area contributed by atoms with E-state index in [-0.39, 0.29) is 5.41 Å². The van der Waals surface area contributed by atoms with Crippen LogP contribution in [-0.4, -0.2) is 17.0 Å². The highest BCUT2D eigenvalue weighted by molar-refractivity contribution is 14.1. The number of nitrogens with one attached hydrogen (secondary N) is 1. The Hall–Kier alpha value is -0.880. The summed E-state index contributed by atoms with van der Waals surface area (Å²) < 4.78 is 1.09. The van der Waals surface area contributed by atoms with Crippen molar-refractivity contribution >= 4 is 40.0 Å². The second-order valence-corrected chi connectivity index (χ2v) is 7.47. The Morgan fingerprint density at radius 3 is 2.29 bits per heavy atom. The number of hydrogen-bond donors (Lipinski definition) is 1. The van der Waals surface area contributed by atoms with Gasteiger partial charge in [-0.05, 0) is 40.3 Å². The van der Waals surface area contributed by atoms with Gasteiger partial charge in [-0.1, -0.05) is 44.5 Å². The molecule has 5 heteroatoms. The molecule has 0 amide bonds. The summed E-state index contributed by atoms with van der Waals surface area (Å²) in [7, 11) is 1.89. The van der Waals surface area contributed by atoms with Gasteiger partial charge < -0.3 is 5.32 Å². The van der Waals surface area contributed by atoms with Gasteiger partial charge in [0.1, 0.15) is 11.6 Å². The predicted molar refractivity (Wildman–Crippen MR) is 97.3 cm³/mol. The zero-order valence-electron chi connectivity index (χ0n) is 12.7. The molecule has 0 radical (unpaired) electrons. The molecule has 1 heterocycles. The van der Waals surface area contributed by atoms with Gasteiger partial charge in [-0.3, -0.25) is 0 Å². The minimum Gasteiger partial charge on any atom is -0.372 e. The lowest BCUT2D eigenvalue weighted by atomic mass is 9.91. The minimum atomic E-state index is -0.0141. The molecule has 1 N–H and O–H groups in total. The Morgan fingerprint density at radius 1 is 1.14 bits per heavy atom. The first-order chi connectivity index (χ1) is 9.81. The third kappa shape index (κ3) is 4.07. The maximum atomic E-state index is 5.93. The number of nitrogens with zero attached hydrogens (tertiary/aromatic N) is 2. The van der Waals surface area contributed by atoms with E-state index < -0.39 is 0 Å². The second kappa shape index (κ2) is 6.48. The molecule has 0 aliphatic rings. The second-order valence-electron chi connectivity index (χ2n) is 5.95. The molecule has 1 aromatic heterocycles. The van der Waals surface area contributed by atoms with Crippen molar-refractivity contribution in [1.82, 2.24) is 9.97 Å². The summed E-state index contributed by atoms with van der Waals surface area (Å²) >= 11 is 8.24. The molecule has 0 atom stereocenters. The third-order valence-corrected chi connectivity index (χ3v) is 4.39. The van der Waals surface area contributed by atoms with Gasteiger partial charge in [0.2, 0.25) is 0 Å². The van der Waals surface area contributed by atoms with E-state index in [9.17, 15) is 0 Å². The topological polar surface area (TPSA) is 37.8 Å². The van der Waals surface area contributed by atoms with E-state index in [0.29, 0.717) is 6.42 Å². The monoisotopic (exact) mass is 415 g/mol. The highest BCUT2D eigenvalue weighted by Gasteiger charge is 2.22. The predicted octanol–water partition coefficient (Wildman–Crippen LogP) is 4.66. The molecule has 112 valence electrons. The molecule has 0 fully saturated rings. The lowest BCUT2D eigenvalue weighted by molar-refractivity contribution is 0.559. The van der Waals surface area contributed by atoms with E-state index in [1.165, 1.54) is 0 Å². The number of aromatic nitrogens is 2. The summed E-state index contributed by atoms with van der Waals surface area (Å²) in [4.78, 5) is 9.40. The number of rotatable bonds is 3. The lowest BCUT2D eigenvalue weighted by Crippen LogP contribution is -2.19. The summed E-state index contributed by atoms with van der Waals surface area (Å²) in [5.41, 5.74) is 2.22. The molecule has 2 rings (SSSR count). The van der Waals surface area contributed by atoms with Gasteiger partial charge in [-0.2, -0.15) is 0 Å². The van der Waals surface area contributed by atoms with Crippen LogP contribution >= 0.6 is 34.2 Å². The van der Waals surface area contributed by atoms with Crippen LogP contribution in [0.15, 0.2) is 24.3 Å². The Balaban J connectivity index is 2.42. The molecule has 0 bridgehead atoms. The summed E-state index contributed by atoms with van der Waals surface area (Å²) in [6, 6.07) is 7.82. The van der Waals surface area contributed by atoms with Gasteiger partial charge in [0.05, 0.1) is 9.26 Å². The van der Waals surface area contributed by atoms with Crippen molar-refractivity contribution in [1.29, 1.82) is 0 Å². The number of halogens is 2. The van der Waals surface area contributed by atoms with Crippen molar-refractivity contribution in [3.8, 4) is 0 Å². The van der Waals surface area contributed by atoms with Crippen LogP contribution in [-0.2, 0) is 11.8 Å². The zero-order valence-corrected chi connectivity index (χ0v) is 15.6. The molecule has 0 saturated carbocycles. The Labute approximate surface area is 144 Å². The van der Waals surface area contributed by atoms with Crippen LogP contribution in [0, 0.1) is 3.57 Å². The minimum absolute atomic E-state index is 0.0141. The van der Waals surface area contributed by atoms with E-state index in [1.54, 1.807) is 0 Å². The van der Waals surface area contributed by atoms with Crippen LogP contribution in [0.1, 0.15) is 37.9 Å². The van der Waals surface area contributed by atoms with Gasteiger partial charge in [0.25, 0.3) is 0 Å². The van der Waals surface area contributed by atoms with Crippen molar-refractivity contribution in [3.63, 3.8) is 0 Å². The van der Waals surface area contributed by atoms with Crippen molar-refractivity contribution in [2.75, 3.05) is 12.4 Å². The van der Waals surface area contributed by atoms with Crippen LogP contribution < -0.4 is 5.32 Å². The first-order valence-electron chi connectivity index (χ1n) is 6.80. The fourth-order valence-electron chi connectivity index (χ4n) is 2.02. The maximum absolute atomic E-state index is 5.93. The zero-order chi connectivity index (χ0) is 15.6. The smallest absolute Gasteiger partial charge is 0.143 e. The van der Waals surface area contributed by atoms with Crippen LogP contribution in [0.5, 0.6) is 0 Å². The molecular formula is C16H19ClIN3. The van der Waals surface area contributed by atoms with Crippen LogP contribution in [0.25, 0.3) is 0 Å². The van der Waals surface area contributed by atoms with Crippen LogP contribution in [0.2, 0.25) is 5.02 Å². The van der Waals surface area contributed by atoms with E-state index in [0.717, 1.165) is 31.5 Å². The molecule has 0 saturated heterocycles. The Bertz CT molecular complexity index is 633. The van der Waals surface area contributed by atoms with Crippen LogP contribution in [0.3, 0.4) is 0 Å². The summed E-state index contributed by atoms with van der Waals surface area (Å²) in [5, 5.41) is 3.91. The van der Waals surface area contributed by atoms with E-state index in [4.69, 9.17) is 16.6 Å². The summed E-state index contributed by atoms with van der Waals surface area (Å²) in [6.45, 7) is 6.51. The molecule has 2 aromatic rings. The molecule has 3 nitrogen and oxygen atoms in total. The van der Waals surface area contributed by atoms with Crippen LogP contribution in [0.4, 0.5) is 5.82 Å². The van der Waals surface area contributed by atoms with Gasteiger partial charge in [-0.15, -0.1) is 0 Å². The average molecular weight is 416 g/mol. The first-order valence-corrected chi connectivity index (χ1v) is 8.26. The SMILES string of the molecule is CNc1nc(Cc2ccc(Cl)cc2)nc(C(C)(C)C)c1I. The standard InChI is InChI=1S/C16H19ClIN3/c1-16(2,3)14-13(18)15(19-4)21-12(20-14)9-10-5-7-11(17)8-6-10/h5-8H,9H2,1-4H3,(H,19,20,21). The van der Waals surface area contributed by atoms with E-state index >= 15 is 0 Å². The summed E-state index contributed by atoms with van der Waals surface area (Å²) in [6.07, 6.45) is 0.700. The molecule has 0 unspecified atom stereocenters. The molecular weight excluding hydrogens is 397 g/mol. The quantitative estimate of drug-likeness (QED) is 0.741. The van der Waals surface area contributed by atoms with E-state index in [1.807, 2.05) is 31.3 Å². The maximum Gasteiger partial charge on any atom is 0.143 e. The van der Waals surface area contributed by atoms with Crippen molar-refractivity contribution in [3.05, 3.63) is 49.9 Å². The molecule has 21 heavy (non-hydrogen) atoms. The number of benzene rings is 1. The fourth-order valence-corrected chi connectivity index (χ4v) is 3.47. The number of hydrogen-bond acceptors (Lipinski definition) is 3. The Kier molecular flexibility index (Phi) is 5.09. The highest BCUT2D eigenvalue weighted by Crippen LogP contribution is 2.29. The molecule has 1 aromatic carbocycles. The largest absolute Gasteiger partial charge is 0.372 e. The van der Waals surface area contributed by atoms with E-state index in [2.05, 4.69) is 53.7 Å². The Morgan fingerprint density at radius 2 is 1.76 bits per heavy atom. The molecule has 0 aliphatic heterocycles. The molecule has 0 spiro atoms. The fraction of sp³-hybridized carbons (Fsp3) is 0.375. The number of anilines is 1. The van der Waals surface area contributed by atoms with Gasteiger partial charge in [0, 0.05) is 23.9 Å². The van der Waals surface area contributed by atoms with Gasteiger partial charge in [0.15, 0.2) is 0 Å². The van der Waals surface area contributed by atoms with Gasteiger partial charge in [-0.25, -0.2) is 9.97 Å². The summed E-state index contributed by atoms with van der Waals surface area (Å²) in [5.74, 6) is 1.71. The highest BCUT2D eigenvalue weighted by atomic mass is 127. The van der Waals surface area contributed by atoms with Crippen molar-refractivity contribution in [2.24, 2.45) is 0 Å². The third-order valence-electron chi connectivity index (χ3n) is 3.12. The normalized spacial score (nSPS) is 11.5. The van der Waals surface area contributed by atoms with Crippen molar-refractivity contribution in [2.45, 2.75) is 32.6 Å². The first kappa shape index (κ1) is 16.5. The van der Waals surface area contributed by atoms with Crippen molar-refractivity contribution < 1.29 is 0 Å².